The highest BCUT2D eigenvalue weighted by Crippen LogP contribution is 2.27. The molecule has 0 saturated heterocycles. The first-order valence-corrected chi connectivity index (χ1v) is 9.18. The van der Waals surface area contributed by atoms with Gasteiger partial charge in [0.1, 0.15) is 17.0 Å². The topological polar surface area (TPSA) is 86.5 Å². The van der Waals surface area contributed by atoms with Crippen molar-refractivity contribution >= 4 is 28.8 Å². The van der Waals surface area contributed by atoms with Gasteiger partial charge in [-0.1, -0.05) is 0 Å². The van der Waals surface area contributed by atoms with Crippen LogP contribution in [0.15, 0.2) is 71.4 Å². The van der Waals surface area contributed by atoms with Crippen LogP contribution >= 0.6 is 0 Å². The Bertz CT molecular complexity index is 1220. The number of hydrogen-bond acceptors (Lipinski definition) is 6. The number of methoxy groups -OCH3 is 2. The molecule has 0 aliphatic heterocycles. The van der Waals surface area contributed by atoms with Crippen LogP contribution in [0.25, 0.3) is 28.6 Å². The van der Waals surface area contributed by atoms with E-state index in [1.54, 1.807) is 69.1 Å². The zero-order valence-electron chi connectivity index (χ0n) is 16.5. The summed E-state index contributed by atoms with van der Waals surface area (Å²) in [6.45, 7) is 0. The Morgan fingerprint density at radius 1 is 1.03 bits per heavy atom. The number of hydrogen-bond donors (Lipinski definition) is 1. The number of nitrogens with one attached hydrogen (secondary N) is 1. The molecule has 2 aromatic carbocycles. The van der Waals surface area contributed by atoms with E-state index in [1.165, 1.54) is 6.08 Å². The number of aromatic nitrogens is 2. The van der Waals surface area contributed by atoms with Crippen LogP contribution in [-0.4, -0.2) is 30.1 Å². The number of rotatable bonds is 6. The maximum absolute atomic E-state index is 12.4. The molecule has 7 heteroatoms. The maximum Gasteiger partial charge on any atom is 0.248 e. The van der Waals surface area contributed by atoms with Crippen LogP contribution in [-0.2, 0) is 4.79 Å². The van der Waals surface area contributed by atoms with Gasteiger partial charge in [0.05, 0.1) is 14.2 Å². The molecule has 0 spiro atoms. The first-order valence-electron chi connectivity index (χ1n) is 9.18. The molecule has 0 unspecified atom stereocenters. The lowest BCUT2D eigenvalue weighted by molar-refractivity contribution is -0.111. The quantitative estimate of drug-likeness (QED) is 0.477. The van der Waals surface area contributed by atoms with Gasteiger partial charge in [-0.3, -0.25) is 9.78 Å². The minimum absolute atomic E-state index is 0.284. The van der Waals surface area contributed by atoms with E-state index in [0.29, 0.717) is 34.2 Å². The molecule has 4 aromatic rings. The molecule has 0 atom stereocenters. The average Bonchev–Trinajstić information content (AvgIpc) is 3.21. The van der Waals surface area contributed by atoms with Crippen molar-refractivity contribution in [3.05, 3.63) is 72.6 Å². The third kappa shape index (κ3) is 4.15. The minimum Gasteiger partial charge on any atom is -0.497 e. The van der Waals surface area contributed by atoms with Crippen LogP contribution in [0, 0.1) is 0 Å². The normalized spacial score (nSPS) is 11.0. The molecule has 30 heavy (non-hydrogen) atoms. The van der Waals surface area contributed by atoms with Crippen molar-refractivity contribution in [2.75, 3.05) is 19.5 Å². The third-order valence-corrected chi connectivity index (χ3v) is 4.43. The molecule has 2 heterocycles. The zero-order chi connectivity index (χ0) is 20.9. The lowest BCUT2D eigenvalue weighted by Crippen LogP contribution is -2.07. The number of fused-ring (bicyclic) bond motifs is 1. The second-order valence-corrected chi connectivity index (χ2v) is 6.37. The van der Waals surface area contributed by atoms with E-state index < -0.39 is 0 Å². The van der Waals surface area contributed by atoms with Crippen LogP contribution in [0.5, 0.6) is 11.5 Å². The molecule has 0 bridgehead atoms. The lowest BCUT2D eigenvalue weighted by atomic mass is 10.1. The van der Waals surface area contributed by atoms with Crippen molar-refractivity contribution in [1.29, 1.82) is 0 Å². The van der Waals surface area contributed by atoms with E-state index in [4.69, 9.17) is 13.9 Å². The Hall–Kier alpha value is -4.13. The van der Waals surface area contributed by atoms with Gasteiger partial charge in [0.15, 0.2) is 5.58 Å². The summed E-state index contributed by atoms with van der Waals surface area (Å²) in [5, 5.41) is 2.82. The van der Waals surface area contributed by atoms with Crippen molar-refractivity contribution < 1.29 is 18.7 Å². The molecule has 1 N–H and O–H groups in total. The molecule has 0 saturated carbocycles. The predicted molar refractivity (Wildman–Crippen MR) is 114 cm³/mol. The number of ether oxygens (including phenoxy) is 2. The number of oxazole rings is 1. The van der Waals surface area contributed by atoms with Gasteiger partial charge in [-0.15, -0.1) is 0 Å². The van der Waals surface area contributed by atoms with E-state index in [1.807, 2.05) is 12.1 Å². The van der Waals surface area contributed by atoms with E-state index in [0.717, 1.165) is 11.1 Å². The first kappa shape index (κ1) is 19.2. The van der Waals surface area contributed by atoms with Crippen LogP contribution in [0.2, 0.25) is 0 Å². The van der Waals surface area contributed by atoms with Gasteiger partial charge in [0.25, 0.3) is 0 Å². The number of carbonyl (C=O) groups excluding carboxylic acids is 1. The molecule has 2 aromatic heterocycles. The molecule has 1 amide bonds. The highest BCUT2D eigenvalue weighted by Gasteiger charge is 2.09. The van der Waals surface area contributed by atoms with Gasteiger partial charge < -0.3 is 19.2 Å². The van der Waals surface area contributed by atoms with Gasteiger partial charge in [0, 0.05) is 41.4 Å². The fourth-order valence-electron chi connectivity index (χ4n) is 2.94. The van der Waals surface area contributed by atoms with Crippen molar-refractivity contribution in [3.63, 3.8) is 0 Å². The molecule has 0 radical (unpaired) electrons. The molecule has 0 aliphatic rings. The summed E-state index contributed by atoms with van der Waals surface area (Å²) >= 11 is 0. The number of amides is 1. The Kier molecular flexibility index (Phi) is 5.43. The molecule has 4 rings (SSSR count). The van der Waals surface area contributed by atoms with Crippen molar-refractivity contribution in [2.24, 2.45) is 0 Å². The Labute approximate surface area is 173 Å². The maximum atomic E-state index is 12.4. The monoisotopic (exact) mass is 401 g/mol. The molecular weight excluding hydrogens is 382 g/mol. The smallest absolute Gasteiger partial charge is 0.248 e. The fraction of sp³-hybridized carbons (Fsp3) is 0.0870. The molecule has 0 aliphatic carbocycles. The number of pyridine rings is 1. The SMILES string of the molecule is COc1ccc(OC)c(/C=C/C(=O)Nc2ccc3nc(-c4ccncc4)oc3c2)c1. The largest absolute Gasteiger partial charge is 0.497 e. The van der Waals surface area contributed by atoms with Crippen LogP contribution in [0.1, 0.15) is 5.56 Å². The van der Waals surface area contributed by atoms with E-state index in [2.05, 4.69) is 15.3 Å². The molecule has 0 fully saturated rings. The van der Waals surface area contributed by atoms with Crippen LogP contribution in [0.3, 0.4) is 0 Å². The summed E-state index contributed by atoms with van der Waals surface area (Å²) in [5.74, 6) is 1.54. The van der Waals surface area contributed by atoms with Crippen LogP contribution < -0.4 is 14.8 Å². The molecule has 150 valence electrons. The van der Waals surface area contributed by atoms with Gasteiger partial charge in [-0.2, -0.15) is 0 Å². The zero-order valence-corrected chi connectivity index (χ0v) is 16.5. The highest BCUT2D eigenvalue weighted by atomic mass is 16.5. The minimum atomic E-state index is -0.284. The van der Waals surface area contributed by atoms with E-state index in [-0.39, 0.29) is 5.91 Å². The van der Waals surface area contributed by atoms with Gasteiger partial charge in [-0.25, -0.2) is 4.98 Å². The van der Waals surface area contributed by atoms with Crippen molar-refractivity contribution in [3.8, 4) is 23.0 Å². The summed E-state index contributed by atoms with van der Waals surface area (Å²) < 4.78 is 16.4. The standard InChI is InChI=1S/C23H19N3O4/c1-28-18-5-7-20(29-2)16(13-18)3-8-22(27)25-17-4-6-19-21(14-17)30-23(26-19)15-9-11-24-12-10-15/h3-14H,1-2H3,(H,25,27)/b8-3+. The van der Waals surface area contributed by atoms with Gasteiger partial charge in [0.2, 0.25) is 11.8 Å². The fourth-order valence-corrected chi connectivity index (χ4v) is 2.94. The van der Waals surface area contributed by atoms with Gasteiger partial charge in [-0.05, 0) is 48.5 Å². The van der Waals surface area contributed by atoms with Crippen LogP contribution in [0.4, 0.5) is 5.69 Å². The number of benzene rings is 2. The summed E-state index contributed by atoms with van der Waals surface area (Å²) in [5.41, 5.74) is 3.46. The van der Waals surface area contributed by atoms with Crippen molar-refractivity contribution in [2.45, 2.75) is 0 Å². The summed E-state index contributed by atoms with van der Waals surface area (Å²) in [6, 6.07) is 14.3. The van der Waals surface area contributed by atoms with E-state index >= 15 is 0 Å². The Morgan fingerprint density at radius 3 is 2.63 bits per heavy atom. The summed E-state index contributed by atoms with van der Waals surface area (Å²) in [7, 11) is 3.16. The van der Waals surface area contributed by atoms with E-state index in [9.17, 15) is 4.79 Å². The number of carbonyl (C=O) groups is 1. The summed E-state index contributed by atoms with van der Waals surface area (Å²) in [4.78, 5) is 20.8. The molecule has 7 nitrogen and oxygen atoms in total. The summed E-state index contributed by atoms with van der Waals surface area (Å²) in [6.07, 6.45) is 6.47. The van der Waals surface area contributed by atoms with Gasteiger partial charge >= 0.3 is 0 Å². The third-order valence-electron chi connectivity index (χ3n) is 4.43. The number of nitrogens with zero attached hydrogens (tertiary/aromatic N) is 2. The average molecular weight is 401 g/mol. The Morgan fingerprint density at radius 2 is 1.87 bits per heavy atom. The first-order chi connectivity index (χ1) is 14.7. The predicted octanol–water partition coefficient (Wildman–Crippen LogP) is 4.56. The van der Waals surface area contributed by atoms with Crippen molar-refractivity contribution in [1.82, 2.24) is 9.97 Å². The second kappa shape index (κ2) is 8.48. The molecular formula is C23H19N3O4. The second-order valence-electron chi connectivity index (χ2n) is 6.37. The Balaban J connectivity index is 1.51. The lowest BCUT2D eigenvalue weighted by Gasteiger charge is -2.07. The highest BCUT2D eigenvalue weighted by molar-refractivity contribution is 6.02. The number of anilines is 1.